The SMILES string of the molecule is CC1(C)c2ccccc2N(c2ccc(-c3nc4cccnc4s3)cc2)c2ccccc21. The van der Waals surface area contributed by atoms with Gasteiger partial charge in [-0.3, -0.25) is 0 Å². The van der Waals surface area contributed by atoms with Crippen molar-refractivity contribution >= 4 is 38.7 Å². The lowest BCUT2D eigenvalue weighted by Gasteiger charge is -2.42. The summed E-state index contributed by atoms with van der Waals surface area (Å²) < 4.78 is 0. The van der Waals surface area contributed by atoms with Gasteiger partial charge in [0.1, 0.15) is 15.4 Å². The molecule has 3 heterocycles. The number of thiazole rings is 1. The Bertz CT molecular complexity index is 1330. The smallest absolute Gasteiger partial charge is 0.143 e. The van der Waals surface area contributed by atoms with Crippen LogP contribution >= 0.6 is 11.3 Å². The van der Waals surface area contributed by atoms with Crippen molar-refractivity contribution in [3.8, 4) is 10.6 Å². The third kappa shape index (κ3) is 2.79. The van der Waals surface area contributed by atoms with Crippen LogP contribution in [0, 0.1) is 0 Å². The first-order valence-electron chi connectivity index (χ1n) is 10.4. The average molecular weight is 420 g/mol. The van der Waals surface area contributed by atoms with Gasteiger partial charge in [0.25, 0.3) is 0 Å². The molecule has 5 aromatic rings. The maximum atomic E-state index is 4.76. The second-order valence-corrected chi connectivity index (χ2v) is 9.37. The number of rotatable bonds is 2. The van der Waals surface area contributed by atoms with Gasteiger partial charge in [-0.05, 0) is 59.7 Å². The van der Waals surface area contributed by atoms with Crippen LogP contribution in [0.4, 0.5) is 17.1 Å². The van der Waals surface area contributed by atoms with Crippen molar-refractivity contribution in [1.29, 1.82) is 0 Å². The molecule has 0 amide bonds. The van der Waals surface area contributed by atoms with Crippen LogP contribution in [0.15, 0.2) is 91.1 Å². The topological polar surface area (TPSA) is 29.0 Å². The highest BCUT2D eigenvalue weighted by Crippen LogP contribution is 2.51. The average Bonchev–Trinajstić information content (AvgIpc) is 3.24. The van der Waals surface area contributed by atoms with Gasteiger partial charge in [0.2, 0.25) is 0 Å². The van der Waals surface area contributed by atoms with E-state index in [-0.39, 0.29) is 5.41 Å². The highest BCUT2D eigenvalue weighted by Gasteiger charge is 2.36. The predicted molar refractivity (Wildman–Crippen MR) is 130 cm³/mol. The standard InChI is InChI=1S/C27H21N3S/c1-27(2)20-8-3-5-11-23(20)30(24-12-6-4-9-21(24)27)19-15-13-18(14-16-19)25-29-22-10-7-17-28-26(22)31-25/h3-17H,1-2H3. The van der Waals surface area contributed by atoms with Crippen molar-refractivity contribution in [2.75, 3.05) is 4.90 Å². The minimum Gasteiger partial charge on any atom is -0.310 e. The second kappa shape index (κ2) is 6.76. The van der Waals surface area contributed by atoms with E-state index in [9.17, 15) is 0 Å². The van der Waals surface area contributed by atoms with Crippen LogP contribution in [0.1, 0.15) is 25.0 Å². The van der Waals surface area contributed by atoms with Crippen molar-refractivity contribution in [2.24, 2.45) is 0 Å². The predicted octanol–water partition coefficient (Wildman–Crippen LogP) is 7.47. The monoisotopic (exact) mass is 419 g/mol. The Morgan fingerprint density at radius 1 is 0.742 bits per heavy atom. The molecular weight excluding hydrogens is 398 g/mol. The summed E-state index contributed by atoms with van der Waals surface area (Å²) in [4.78, 5) is 12.5. The number of pyridine rings is 1. The van der Waals surface area contributed by atoms with Crippen LogP contribution < -0.4 is 4.90 Å². The van der Waals surface area contributed by atoms with Crippen molar-refractivity contribution in [3.05, 3.63) is 102 Å². The molecule has 4 heteroatoms. The molecule has 0 spiro atoms. The minimum absolute atomic E-state index is 0.0440. The zero-order valence-corrected chi connectivity index (χ0v) is 18.2. The molecule has 0 aliphatic carbocycles. The number of nitrogens with zero attached hydrogens (tertiary/aromatic N) is 3. The van der Waals surface area contributed by atoms with Crippen LogP contribution in [0.3, 0.4) is 0 Å². The summed E-state index contributed by atoms with van der Waals surface area (Å²) in [6.07, 6.45) is 1.82. The fraction of sp³-hybridized carbons (Fsp3) is 0.111. The Balaban J connectivity index is 1.47. The molecule has 0 saturated carbocycles. The second-order valence-electron chi connectivity index (χ2n) is 8.39. The van der Waals surface area contributed by atoms with Gasteiger partial charge in [0.15, 0.2) is 0 Å². The number of anilines is 3. The van der Waals surface area contributed by atoms with Gasteiger partial charge in [-0.25, -0.2) is 9.97 Å². The largest absolute Gasteiger partial charge is 0.310 e. The molecule has 0 N–H and O–H groups in total. The number of hydrogen-bond acceptors (Lipinski definition) is 4. The molecule has 1 aliphatic rings. The molecule has 31 heavy (non-hydrogen) atoms. The highest BCUT2D eigenvalue weighted by molar-refractivity contribution is 7.21. The molecule has 3 nitrogen and oxygen atoms in total. The number of aromatic nitrogens is 2. The molecule has 2 aromatic heterocycles. The van der Waals surface area contributed by atoms with Gasteiger partial charge in [-0.15, -0.1) is 0 Å². The highest BCUT2D eigenvalue weighted by atomic mass is 32.1. The first kappa shape index (κ1) is 18.3. The molecular formula is C27H21N3S. The van der Waals surface area contributed by atoms with Crippen LogP contribution in [0.2, 0.25) is 0 Å². The van der Waals surface area contributed by atoms with Gasteiger partial charge < -0.3 is 4.90 Å². The first-order chi connectivity index (χ1) is 15.1. The zero-order valence-electron chi connectivity index (χ0n) is 17.4. The fourth-order valence-electron chi connectivity index (χ4n) is 4.59. The Hall–Kier alpha value is -3.50. The molecule has 150 valence electrons. The van der Waals surface area contributed by atoms with Crippen LogP contribution in [-0.4, -0.2) is 9.97 Å². The van der Waals surface area contributed by atoms with Crippen LogP contribution in [0.5, 0.6) is 0 Å². The quantitative estimate of drug-likeness (QED) is 0.297. The van der Waals surface area contributed by atoms with Crippen molar-refractivity contribution in [2.45, 2.75) is 19.3 Å². The molecule has 0 bridgehead atoms. The number of fused-ring (bicyclic) bond motifs is 3. The Morgan fingerprint density at radius 2 is 1.39 bits per heavy atom. The van der Waals surface area contributed by atoms with E-state index in [1.54, 1.807) is 11.3 Å². The third-order valence-electron chi connectivity index (χ3n) is 6.18. The van der Waals surface area contributed by atoms with Crippen LogP contribution in [-0.2, 0) is 5.41 Å². The van der Waals surface area contributed by atoms with E-state index in [2.05, 4.69) is 96.5 Å². The van der Waals surface area contributed by atoms with E-state index >= 15 is 0 Å². The lowest BCUT2D eigenvalue weighted by atomic mass is 9.73. The minimum atomic E-state index is -0.0440. The maximum absolute atomic E-state index is 4.76. The van der Waals surface area contributed by atoms with Gasteiger partial charge in [0.05, 0.1) is 11.4 Å². The van der Waals surface area contributed by atoms with Crippen LogP contribution in [0.25, 0.3) is 20.9 Å². The van der Waals surface area contributed by atoms with E-state index < -0.39 is 0 Å². The molecule has 0 unspecified atom stereocenters. The normalized spacial score (nSPS) is 14.3. The molecule has 0 radical (unpaired) electrons. The summed E-state index contributed by atoms with van der Waals surface area (Å²) >= 11 is 1.63. The molecule has 0 atom stereocenters. The lowest BCUT2D eigenvalue weighted by molar-refractivity contribution is 0.632. The van der Waals surface area contributed by atoms with E-state index in [1.807, 2.05) is 18.3 Å². The van der Waals surface area contributed by atoms with Gasteiger partial charge in [-0.2, -0.15) is 0 Å². The van der Waals surface area contributed by atoms with Crippen molar-refractivity contribution in [1.82, 2.24) is 9.97 Å². The summed E-state index contributed by atoms with van der Waals surface area (Å²) in [5, 5.41) is 1.00. The number of benzene rings is 3. The molecule has 0 fully saturated rings. The lowest BCUT2D eigenvalue weighted by Crippen LogP contribution is -2.30. The van der Waals surface area contributed by atoms with Gasteiger partial charge in [0, 0.05) is 22.9 Å². The van der Waals surface area contributed by atoms with E-state index in [0.717, 1.165) is 26.6 Å². The third-order valence-corrected chi connectivity index (χ3v) is 7.20. The summed E-state index contributed by atoms with van der Waals surface area (Å²) in [6, 6.07) is 30.1. The Kier molecular flexibility index (Phi) is 3.99. The maximum Gasteiger partial charge on any atom is 0.143 e. The summed E-state index contributed by atoms with van der Waals surface area (Å²) in [5.41, 5.74) is 8.34. The molecule has 3 aromatic carbocycles. The number of hydrogen-bond donors (Lipinski definition) is 0. The van der Waals surface area contributed by atoms with Crippen molar-refractivity contribution < 1.29 is 0 Å². The molecule has 1 aliphatic heterocycles. The molecule has 0 saturated heterocycles. The van der Waals surface area contributed by atoms with E-state index in [1.165, 1.54) is 22.5 Å². The van der Waals surface area contributed by atoms with Gasteiger partial charge in [-0.1, -0.05) is 61.6 Å². The fourth-order valence-corrected chi connectivity index (χ4v) is 5.51. The Labute approximate surface area is 185 Å². The summed E-state index contributed by atoms with van der Waals surface area (Å²) in [7, 11) is 0. The van der Waals surface area contributed by atoms with E-state index in [0.29, 0.717) is 0 Å². The summed E-state index contributed by atoms with van der Waals surface area (Å²) in [6.45, 7) is 4.62. The Morgan fingerprint density at radius 3 is 2.03 bits per heavy atom. The first-order valence-corrected chi connectivity index (χ1v) is 11.3. The summed E-state index contributed by atoms with van der Waals surface area (Å²) in [5.74, 6) is 0. The zero-order chi connectivity index (χ0) is 21.0. The number of para-hydroxylation sites is 2. The molecule has 6 rings (SSSR count). The van der Waals surface area contributed by atoms with Crippen molar-refractivity contribution in [3.63, 3.8) is 0 Å². The van der Waals surface area contributed by atoms with Gasteiger partial charge >= 0.3 is 0 Å². The van der Waals surface area contributed by atoms with E-state index in [4.69, 9.17) is 4.98 Å².